The highest BCUT2D eigenvalue weighted by Crippen LogP contribution is 2.66. The first kappa shape index (κ1) is 12.0. The molecule has 0 radical (unpaired) electrons. The van der Waals surface area contributed by atoms with Gasteiger partial charge in [0, 0.05) is 5.92 Å². The van der Waals surface area contributed by atoms with E-state index in [0.29, 0.717) is 11.8 Å². The molecule has 3 heteroatoms. The van der Waals surface area contributed by atoms with Crippen LogP contribution in [0.3, 0.4) is 0 Å². The molecule has 1 aliphatic heterocycles. The molecule has 0 aromatic heterocycles. The molecule has 4 aliphatic rings. The highest BCUT2D eigenvalue weighted by atomic mass is 16.6. The molecule has 3 aliphatic carbocycles. The maximum absolute atomic E-state index is 12.0. The van der Waals surface area contributed by atoms with Crippen LogP contribution >= 0.6 is 0 Å². The Bertz CT molecular complexity index is 443. The average molecular weight is 262 g/mol. The predicted octanol–water partition coefficient (Wildman–Crippen LogP) is 2.84. The van der Waals surface area contributed by atoms with Gasteiger partial charge in [0.15, 0.2) is 0 Å². The number of carbonyl (C=O) groups is 1. The summed E-state index contributed by atoms with van der Waals surface area (Å²) in [6.45, 7) is 2.84. The van der Waals surface area contributed by atoms with Crippen LogP contribution in [-0.2, 0) is 14.3 Å². The van der Waals surface area contributed by atoms with E-state index in [-0.39, 0.29) is 23.1 Å². The molecular formula is C16H22O3. The van der Waals surface area contributed by atoms with Gasteiger partial charge in [-0.15, -0.1) is 0 Å². The van der Waals surface area contributed by atoms with Crippen molar-refractivity contribution in [2.24, 2.45) is 17.8 Å². The number of hydrogen-bond acceptors (Lipinski definition) is 3. The molecular weight excluding hydrogens is 240 g/mol. The second-order valence-electron chi connectivity index (χ2n) is 6.90. The Morgan fingerprint density at radius 2 is 2.37 bits per heavy atom. The Kier molecular flexibility index (Phi) is 2.42. The molecule has 104 valence electrons. The minimum absolute atomic E-state index is 0.0116. The second-order valence-corrected chi connectivity index (χ2v) is 6.90. The number of ether oxygens (including phenoxy) is 2. The van der Waals surface area contributed by atoms with Gasteiger partial charge in [0.1, 0.15) is 11.2 Å². The number of esters is 1. The average Bonchev–Trinajstić information content (AvgIpc) is 2.65. The molecule has 3 nitrogen and oxygen atoms in total. The molecule has 0 spiro atoms. The standard InChI is InChI=1S/C16H22O3/c1-15-8-7-12-9-13(14(17)19-15)16(12,15)18-10-11-5-3-2-4-6-11/h3,5,11-13H,2,4,6-10H2,1H3/t11?,12-,13-,15-,16+/m1/s1. The Hall–Kier alpha value is -0.830. The van der Waals surface area contributed by atoms with Crippen molar-refractivity contribution in [1.29, 1.82) is 0 Å². The van der Waals surface area contributed by atoms with Crippen LogP contribution in [0.5, 0.6) is 0 Å². The summed E-state index contributed by atoms with van der Waals surface area (Å²) in [5.74, 6) is 1.07. The molecule has 5 atom stereocenters. The van der Waals surface area contributed by atoms with Crippen LogP contribution in [0.2, 0.25) is 0 Å². The molecule has 19 heavy (non-hydrogen) atoms. The summed E-state index contributed by atoms with van der Waals surface area (Å²) in [5, 5.41) is 0. The van der Waals surface area contributed by atoms with Crippen LogP contribution in [0.1, 0.15) is 45.4 Å². The third-order valence-electron chi connectivity index (χ3n) is 5.94. The summed E-state index contributed by atoms with van der Waals surface area (Å²) in [6.07, 6.45) is 11.3. The van der Waals surface area contributed by atoms with Gasteiger partial charge in [-0.3, -0.25) is 4.79 Å². The third kappa shape index (κ3) is 1.40. The molecule has 4 rings (SSSR count). The molecule has 1 saturated heterocycles. The zero-order chi connectivity index (χ0) is 13.1. The Labute approximate surface area is 114 Å². The lowest BCUT2D eigenvalue weighted by Gasteiger charge is -2.50. The highest BCUT2D eigenvalue weighted by Gasteiger charge is 2.77. The van der Waals surface area contributed by atoms with E-state index in [2.05, 4.69) is 19.1 Å². The maximum Gasteiger partial charge on any atom is 0.312 e. The lowest BCUT2D eigenvalue weighted by Crippen LogP contribution is -2.62. The first-order valence-corrected chi connectivity index (χ1v) is 7.69. The fraction of sp³-hybridized carbons (Fsp3) is 0.812. The van der Waals surface area contributed by atoms with Crippen molar-refractivity contribution in [3.05, 3.63) is 12.2 Å². The van der Waals surface area contributed by atoms with Crippen molar-refractivity contribution in [1.82, 2.24) is 0 Å². The van der Waals surface area contributed by atoms with E-state index in [1.54, 1.807) is 0 Å². The molecule has 2 saturated carbocycles. The van der Waals surface area contributed by atoms with Gasteiger partial charge in [0.25, 0.3) is 0 Å². The minimum Gasteiger partial charge on any atom is -0.456 e. The van der Waals surface area contributed by atoms with Gasteiger partial charge in [0.05, 0.1) is 12.5 Å². The zero-order valence-electron chi connectivity index (χ0n) is 11.6. The lowest BCUT2D eigenvalue weighted by atomic mass is 9.60. The molecule has 0 aromatic carbocycles. The van der Waals surface area contributed by atoms with Crippen LogP contribution in [0, 0.1) is 17.8 Å². The first-order chi connectivity index (χ1) is 9.16. The van der Waals surface area contributed by atoms with E-state index in [4.69, 9.17) is 9.47 Å². The minimum atomic E-state index is -0.351. The van der Waals surface area contributed by atoms with Crippen molar-refractivity contribution < 1.29 is 14.3 Å². The summed E-state index contributed by atoms with van der Waals surface area (Å²) in [7, 11) is 0. The third-order valence-corrected chi connectivity index (χ3v) is 5.94. The monoisotopic (exact) mass is 262 g/mol. The summed E-state index contributed by atoms with van der Waals surface area (Å²) in [4.78, 5) is 12.0. The van der Waals surface area contributed by atoms with Crippen molar-refractivity contribution >= 4 is 5.97 Å². The van der Waals surface area contributed by atoms with E-state index in [0.717, 1.165) is 25.9 Å². The van der Waals surface area contributed by atoms with Crippen LogP contribution in [0.15, 0.2) is 12.2 Å². The van der Waals surface area contributed by atoms with Crippen LogP contribution < -0.4 is 0 Å². The Morgan fingerprint density at radius 3 is 3.16 bits per heavy atom. The summed E-state index contributed by atoms with van der Waals surface area (Å²) in [6, 6.07) is 0. The van der Waals surface area contributed by atoms with E-state index in [1.165, 1.54) is 19.3 Å². The number of hydrogen-bond donors (Lipinski definition) is 0. The summed E-state index contributed by atoms with van der Waals surface area (Å²) < 4.78 is 12.1. The van der Waals surface area contributed by atoms with Crippen molar-refractivity contribution in [3.8, 4) is 0 Å². The quantitative estimate of drug-likeness (QED) is 0.579. The largest absolute Gasteiger partial charge is 0.456 e. The van der Waals surface area contributed by atoms with Gasteiger partial charge in [-0.05, 0) is 51.4 Å². The van der Waals surface area contributed by atoms with Gasteiger partial charge in [0.2, 0.25) is 0 Å². The van der Waals surface area contributed by atoms with E-state index in [9.17, 15) is 4.79 Å². The fourth-order valence-corrected chi connectivity index (χ4v) is 4.87. The molecule has 0 N–H and O–H groups in total. The molecule has 0 amide bonds. The molecule has 0 aromatic rings. The smallest absolute Gasteiger partial charge is 0.312 e. The highest BCUT2D eigenvalue weighted by molar-refractivity contribution is 5.80. The predicted molar refractivity (Wildman–Crippen MR) is 70.5 cm³/mol. The first-order valence-electron chi connectivity index (χ1n) is 7.69. The van der Waals surface area contributed by atoms with E-state index < -0.39 is 0 Å². The summed E-state index contributed by atoms with van der Waals surface area (Å²) in [5.41, 5.74) is -0.634. The zero-order valence-corrected chi connectivity index (χ0v) is 11.6. The van der Waals surface area contributed by atoms with Crippen LogP contribution in [0.25, 0.3) is 0 Å². The normalized spacial score (nSPS) is 50.8. The molecule has 1 unspecified atom stereocenters. The van der Waals surface area contributed by atoms with E-state index in [1.807, 2.05) is 0 Å². The fourth-order valence-electron chi connectivity index (χ4n) is 4.87. The maximum atomic E-state index is 12.0. The number of carbonyl (C=O) groups excluding carboxylic acids is 1. The lowest BCUT2D eigenvalue weighted by molar-refractivity contribution is -0.203. The van der Waals surface area contributed by atoms with E-state index >= 15 is 0 Å². The van der Waals surface area contributed by atoms with Gasteiger partial charge < -0.3 is 9.47 Å². The topological polar surface area (TPSA) is 35.5 Å². The van der Waals surface area contributed by atoms with Gasteiger partial charge in [-0.1, -0.05) is 12.2 Å². The molecule has 1 heterocycles. The number of rotatable bonds is 3. The second kappa shape index (κ2) is 3.85. The Morgan fingerprint density at radius 1 is 1.47 bits per heavy atom. The summed E-state index contributed by atoms with van der Waals surface area (Å²) >= 11 is 0. The van der Waals surface area contributed by atoms with Crippen LogP contribution in [0.4, 0.5) is 0 Å². The van der Waals surface area contributed by atoms with Gasteiger partial charge >= 0.3 is 5.97 Å². The van der Waals surface area contributed by atoms with Crippen molar-refractivity contribution in [2.45, 2.75) is 56.7 Å². The Balaban J connectivity index is 1.54. The van der Waals surface area contributed by atoms with Crippen molar-refractivity contribution in [3.63, 3.8) is 0 Å². The molecule has 0 bridgehead atoms. The number of allylic oxidation sites excluding steroid dienone is 1. The molecule has 3 fully saturated rings. The van der Waals surface area contributed by atoms with Gasteiger partial charge in [-0.2, -0.15) is 0 Å². The van der Waals surface area contributed by atoms with Gasteiger partial charge in [-0.25, -0.2) is 0 Å². The van der Waals surface area contributed by atoms with Crippen LogP contribution in [-0.4, -0.2) is 23.8 Å². The van der Waals surface area contributed by atoms with Crippen molar-refractivity contribution in [2.75, 3.05) is 6.61 Å². The SMILES string of the molecule is C[C@]12CC[C@@H]3C[C@H](C(=O)O1)[C@@]32OCC1C=CCCC1.